The molecule has 28 heavy (non-hydrogen) atoms. The van der Waals surface area contributed by atoms with Crippen LogP contribution >= 0.6 is 0 Å². The topological polar surface area (TPSA) is 92.9 Å². The fourth-order valence-electron chi connectivity index (χ4n) is 2.86. The Morgan fingerprint density at radius 1 is 1.21 bits per heavy atom. The second-order valence-electron chi connectivity index (χ2n) is 7.32. The molecule has 3 N–H and O–H groups in total. The predicted octanol–water partition coefficient (Wildman–Crippen LogP) is 2.77. The molecule has 0 aromatic heterocycles. The van der Waals surface area contributed by atoms with Crippen molar-refractivity contribution in [3.63, 3.8) is 0 Å². The standard InChI is InChI=1S/C18H23F3N2O4S/c1-17(2,7-8-24)12-23-10-13(22)9-16(11-23)28(25,26)15-5-3-14(4-6-15)27-18(19,20)21/h3-6,9,11,24H,7-8,10,12,22H2,1-2H3. The largest absolute Gasteiger partial charge is 0.573 e. The number of hydrogen-bond donors (Lipinski definition) is 2. The van der Waals surface area contributed by atoms with Crippen LogP contribution in [-0.4, -0.2) is 44.5 Å². The van der Waals surface area contributed by atoms with Gasteiger partial charge in [-0.15, -0.1) is 13.2 Å². The Bertz CT molecular complexity index is 860. The predicted molar refractivity (Wildman–Crippen MR) is 97.7 cm³/mol. The van der Waals surface area contributed by atoms with Gasteiger partial charge in [-0.3, -0.25) is 0 Å². The van der Waals surface area contributed by atoms with Crippen molar-refractivity contribution < 1.29 is 31.4 Å². The Morgan fingerprint density at radius 3 is 2.36 bits per heavy atom. The van der Waals surface area contributed by atoms with Crippen LogP contribution in [0, 0.1) is 5.41 Å². The molecule has 0 aliphatic carbocycles. The van der Waals surface area contributed by atoms with Gasteiger partial charge in [0.05, 0.1) is 16.3 Å². The maximum Gasteiger partial charge on any atom is 0.573 e. The van der Waals surface area contributed by atoms with Gasteiger partial charge < -0.3 is 20.5 Å². The first-order valence-corrected chi connectivity index (χ1v) is 9.94. The summed E-state index contributed by atoms with van der Waals surface area (Å²) in [6.07, 6.45) is -1.52. The number of ether oxygens (including phenoxy) is 1. The summed E-state index contributed by atoms with van der Waals surface area (Å²) in [4.78, 5) is 1.52. The minimum Gasteiger partial charge on any atom is -0.406 e. The summed E-state index contributed by atoms with van der Waals surface area (Å²) in [5.74, 6) is -0.508. The number of sulfone groups is 1. The third kappa shape index (κ3) is 5.90. The average molecular weight is 420 g/mol. The van der Waals surface area contributed by atoms with Gasteiger partial charge in [-0.2, -0.15) is 0 Å². The molecule has 1 aliphatic heterocycles. The Morgan fingerprint density at radius 2 is 1.82 bits per heavy atom. The van der Waals surface area contributed by atoms with Gasteiger partial charge in [0, 0.05) is 25.0 Å². The van der Waals surface area contributed by atoms with E-state index in [9.17, 15) is 21.6 Å². The van der Waals surface area contributed by atoms with Gasteiger partial charge in [0.1, 0.15) is 5.75 Å². The molecule has 1 aliphatic rings. The van der Waals surface area contributed by atoms with Crippen LogP contribution in [0.3, 0.4) is 0 Å². The number of nitrogens with zero attached hydrogens (tertiary/aromatic N) is 1. The summed E-state index contributed by atoms with van der Waals surface area (Å²) in [5, 5.41) is 9.16. The number of aliphatic hydroxyl groups excluding tert-OH is 1. The van der Waals surface area contributed by atoms with Crippen molar-refractivity contribution in [1.29, 1.82) is 0 Å². The molecule has 0 atom stereocenters. The number of rotatable bonds is 7. The first-order chi connectivity index (χ1) is 12.8. The molecule has 0 saturated heterocycles. The van der Waals surface area contributed by atoms with E-state index in [0.29, 0.717) is 25.2 Å². The molecule has 156 valence electrons. The van der Waals surface area contributed by atoms with Crippen molar-refractivity contribution >= 4 is 9.84 Å². The molecule has 0 fully saturated rings. The van der Waals surface area contributed by atoms with E-state index in [1.165, 1.54) is 12.3 Å². The number of nitrogens with two attached hydrogens (primary N) is 1. The second kappa shape index (κ2) is 8.04. The normalized spacial score (nSPS) is 15.9. The van der Waals surface area contributed by atoms with E-state index in [-0.39, 0.29) is 21.8 Å². The average Bonchev–Trinajstić information content (AvgIpc) is 2.52. The minimum absolute atomic E-state index is 0.00732. The van der Waals surface area contributed by atoms with Crippen molar-refractivity contribution in [2.24, 2.45) is 11.1 Å². The summed E-state index contributed by atoms with van der Waals surface area (Å²) in [5.41, 5.74) is 5.97. The van der Waals surface area contributed by atoms with Gasteiger partial charge in [-0.05, 0) is 42.2 Å². The van der Waals surface area contributed by atoms with E-state index in [1.54, 1.807) is 4.90 Å². The fourth-order valence-corrected chi connectivity index (χ4v) is 4.22. The Labute approximate surface area is 162 Å². The maximum atomic E-state index is 12.9. The smallest absolute Gasteiger partial charge is 0.406 e. The first-order valence-electron chi connectivity index (χ1n) is 8.46. The molecule has 1 heterocycles. The fraction of sp³-hybridized carbons (Fsp3) is 0.444. The van der Waals surface area contributed by atoms with E-state index >= 15 is 0 Å². The molecule has 0 bridgehead atoms. The lowest BCUT2D eigenvalue weighted by Crippen LogP contribution is -2.36. The first kappa shape index (κ1) is 22.1. The van der Waals surface area contributed by atoms with Gasteiger partial charge in [-0.1, -0.05) is 13.8 Å². The van der Waals surface area contributed by atoms with Crippen LogP contribution in [0.4, 0.5) is 13.2 Å². The summed E-state index contributed by atoms with van der Waals surface area (Å²) < 4.78 is 66.2. The van der Waals surface area contributed by atoms with Crippen LogP contribution in [-0.2, 0) is 9.84 Å². The third-order valence-corrected chi connectivity index (χ3v) is 5.86. The monoisotopic (exact) mass is 420 g/mol. The van der Waals surface area contributed by atoms with Gasteiger partial charge in [0.25, 0.3) is 0 Å². The minimum atomic E-state index is -4.86. The number of alkyl halides is 3. The van der Waals surface area contributed by atoms with E-state index in [2.05, 4.69) is 4.74 Å². The van der Waals surface area contributed by atoms with Crippen LogP contribution in [0.25, 0.3) is 0 Å². The quantitative estimate of drug-likeness (QED) is 0.705. The molecule has 0 radical (unpaired) electrons. The second-order valence-corrected chi connectivity index (χ2v) is 9.27. The van der Waals surface area contributed by atoms with Crippen molar-refractivity contribution in [3.8, 4) is 5.75 Å². The lowest BCUT2D eigenvalue weighted by molar-refractivity contribution is -0.274. The van der Waals surface area contributed by atoms with Crippen molar-refractivity contribution in [3.05, 3.63) is 47.1 Å². The maximum absolute atomic E-state index is 12.9. The molecule has 0 saturated carbocycles. The van der Waals surface area contributed by atoms with E-state index in [4.69, 9.17) is 10.8 Å². The highest BCUT2D eigenvalue weighted by molar-refractivity contribution is 7.95. The highest BCUT2D eigenvalue weighted by Gasteiger charge is 2.31. The molecule has 0 amide bonds. The van der Waals surface area contributed by atoms with Crippen LogP contribution < -0.4 is 10.5 Å². The zero-order chi connectivity index (χ0) is 21.2. The number of benzene rings is 1. The number of halogens is 3. The Hall–Kier alpha value is -2.20. The van der Waals surface area contributed by atoms with Gasteiger partial charge >= 0.3 is 6.36 Å². The molecule has 0 spiro atoms. The number of hydrogen-bond acceptors (Lipinski definition) is 6. The van der Waals surface area contributed by atoms with Crippen molar-refractivity contribution in [1.82, 2.24) is 4.90 Å². The lowest BCUT2D eigenvalue weighted by atomic mass is 9.89. The highest BCUT2D eigenvalue weighted by Crippen LogP contribution is 2.29. The highest BCUT2D eigenvalue weighted by atomic mass is 32.2. The van der Waals surface area contributed by atoms with Crippen LogP contribution in [0.2, 0.25) is 0 Å². The lowest BCUT2D eigenvalue weighted by Gasteiger charge is -2.33. The molecule has 1 aromatic carbocycles. The van der Waals surface area contributed by atoms with Crippen molar-refractivity contribution in [2.45, 2.75) is 31.5 Å². The summed E-state index contributed by atoms with van der Waals surface area (Å²) in [6.45, 7) is 4.71. The molecule has 2 rings (SSSR count). The third-order valence-electron chi connectivity index (χ3n) is 4.12. The number of aliphatic hydroxyl groups is 1. The summed E-state index contributed by atoms with van der Waals surface area (Å²) in [6, 6.07) is 3.99. The van der Waals surface area contributed by atoms with Crippen molar-refractivity contribution in [2.75, 3.05) is 19.7 Å². The SMILES string of the molecule is CC(C)(CCO)CN1C=C(S(=O)(=O)c2ccc(OC(F)(F)F)cc2)C=C(N)C1. The molecule has 6 nitrogen and oxygen atoms in total. The molecule has 10 heteroatoms. The summed E-state index contributed by atoms with van der Waals surface area (Å²) in [7, 11) is -3.98. The van der Waals surface area contributed by atoms with Gasteiger partial charge in [0.2, 0.25) is 9.84 Å². The van der Waals surface area contributed by atoms with E-state index in [1.807, 2.05) is 13.8 Å². The Kier molecular flexibility index (Phi) is 6.34. The zero-order valence-electron chi connectivity index (χ0n) is 15.5. The number of allylic oxidation sites excluding steroid dienone is 1. The van der Waals surface area contributed by atoms with E-state index in [0.717, 1.165) is 24.3 Å². The molecular formula is C18H23F3N2O4S. The van der Waals surface area contributed by atoms with Crippen LogP contribution in [0.15, 0.2) is 52.0 Å². The van der Waals surface area contributed by atoms with Crippen LogP contribution in [0.5, 0.6) is 5.75 Å². The zero-order valence-corrected chi connectivity index (χ0v) is 16.3. The van der Waals surface area contributed by atoms with Crippen LogP contribution in [0.1, 0.15) is 20.3 Å². The summed E-state index contributed by atoms with van der Waals surface area (Å²) >= 11 is 0. The van der Waals surface area contributed by atoms with Gasteiger partial charge in [0.15, 0.2) is 0 Å². The van der Waals surface area contributed by atoms with E-state index < -0.39 is 21.9 Å². The Balaban J connectivity index is 2.27. The molecular weight excluding hydrogens is 397 g/mol. The molecule has 0 unspecified atom stereocenters. The molecule has 1 aromatic rings. The van der Waals surface area contributed by atoms with Gasteiger partial charge in [-0.25, -0.2) is 8.42 Å².